The van der Waals surface area contributed by atoms with Crippen LogP contribution in [0, 0.1) is 12.7 Å². The summed E-state index contributed by atoms with van der Waals surface area (Å²) in [6.45, 7) is 3.12. The summed E-state index contributed by atoms with van der Waals surface area (Å²) < 4.78 is 24.9. The average molecular weight is 289 g/mol. The zero-order valence-corrected chi connectivity index (χ0v) is 12.4. The lowest BCUT2D eigenvalue weighted by molar-refractivity contribution is 0.210. The lowest BCUT2D eigenvalue weighted by Crippen LogP contribution is -2.12. The lowest BCUT2D eigenvalue weighted by Gasteiger charge is -2.12. The second-order valence-electron chi connectivity index (χ2n) is 4.72. The van der Waals surface area contributed by atoms with Gasteiger partial charge in [-0.15, -0.1) is 0 Å². The predicted octanol–water partition coefficient (Wildman–Crippen LogP) is 3.31. The number of para-hydroxylation sites is 1. The van der Waals surface area contributed by atoms with Crippen molar-refractivity contribution in [2.75, 3.05) is 20.3 Å². The van der Waals surface area contributed by atoms with Gasteiger partial charge in [0.25, 0.3) is 0 Å². The molecule has 2 aromatic carbocycles. The van der Waals surface area contributed by atoms with Gasteiger partial charge in [0.15, 0.2) is 11.6 Å². The van der Waals surface area contributed by atoms with E-state index < -0.39 is 0 Å². The molecule has 1 N–H and O–H groups in total. The molecular formula is C17H20FNO2. The van der Waals surface area contributed by atoms with Gasteiger partial charge in [0.1, 0.15) is 19.0 Å². The first-order valence-corrected chi connectivity index (χ1v) is 6.95. The molecule has 0 aromatic heterocycles. The molecule has 0 aliphatic rings. The van der Waals surface area contributed by atoms with E-state index in [-0.39, 0.29) is 11.6 Å². The largest absolute Gasteiger partial charge is 0.490 e. The number of benzene rings is 2. The molecule has 0 aliphatic heterocycles. The highest BCUT2D eigenvalue weighted by molar-refractivity contribution is 5.33. The van der Waals surface area contributed by atoms with Gasteiger partial charge < -0.3 is 14.8 Å². The van der Waals surface area contributed by atoms with E-state index in [1.807, 2.05) is 31.3 Å². The molecule has 3 nitrogen and oxygen atoms in total. The van der Waals surface area contributed by atoms with Crippen molar-refractivity contribution in [3.05, 3.63) is 59.4 Å². The third-order valence-corrected chi connectivity index (χ3v) is 3.09. The summed E-state index contributed by atoms with van der Waals surface area (Å²) in [7, 11) is 1.89. The Balaban J connectivity index is 1.86. The van der Waals surface area contributed by atoms with Crippen LogP contribution in [-0.2, 0) is 6.54 Å². The van der Waals surface area contributed by atoms with Gasteiger partial charge in [-0.05, 0) is 31.7 Å². The summed E-state index contributed by atoms with van der Waals surface area (Å²) in [5.74, 6) is 0.773. The Morgan fingerprint density at radius 1 is 0.952 bits per heavy atom. The van der Waals surface area contributed by atoms with E-state index in [0.29, 0.717) is 18.8 Å². The number of halogens is 1. The monoisotopic (exact) mass is 289 g/mol. The normalized spacial score (nSPS) is 10.4. The zero-order chi connectivity index (χ0) is 15.1. The lowest BCUT2D eigenvalue weighted by atomic mass is 10.2. The fourth-order valence-corrected chi connectivity index (χ4v) is 2.02. The number of rotatable bonds is 7. The van der Waals surface area contributed by atoms with Crippen molar-refractivity contribution in [3.8, 4) is 11.5 Å². The van der Waals surface area contributed by atoms with Crippen molar-refractivity contribution in [1.82, 2.24) is 5.32 Å². The van der Waals surface area contributed by atoms with Crippen LogP contribution in [-0.4, -0.2) is 20.3 Å². The van der Waals surface area contributed by atoms with Crippen LogP contribution in [0.2, 0.25) is 0 Å². The molecule has 0 heterocycles. The van der Waals surface area contributed by atoms with Gasteiger partial charge in [0, 0.05) is 12.1 Å². The number of nitrogens with one attached hydrogen (secondary N) is 1. The summed E-state index contributed by atoms with van der Waals surface area (Å²) in [5, 5.41) is 3.09. The molecule has 0 amide bonds. The molecule has 0 atom stereocenters. The molecule has 0 aliphatic carbocycles. The molecule has 4 heteroatoms. The van der Waals surface area contributed by atoms with Gasteiger partial charge in [-0.25, -0.2) is 4.39 Å². The molecule has 2 rings (SSSR count). The van der Waals surface area contributed by atoms with Crippen LogP contribution >= 0.6 is 0 Å². The minimum absolute atomic E-state index is 0.266. The van der Waals surface area contributed by atoms with Crippen molar-refractivity contribution in [2.45, 2.75) is 13.5 Å². The molecule has 0 saturated carbocycles. The summed E-state index contributed by atoms with van der Waals surface area (Å²) >= 11 is 0. The number of aryl methyl sites for hydroxylation is 1. The number of ether oxygens (including phenoxy) is 2. The van der Waals surface area contributed by atoms with Crippen molar-refractivity contribution < 1.29 is 13.9 Å². The highest BCUT2D eigenvalue weighted by Crippen LogP contribution is 2.20. The van der Waals surface area contributed by atoms with E-state index in [1.54, 1.807) is 25.1 Å². The van der Waals surface area contributed by atoms with Crippen LogP contribution in [0.1, 0.15) is 11.1 Å². The first-order valence-electron chi connectivity index (χ1n) is 6.95. The molecule has 0 spiro atoms. The standard InChI is InChI=1S/C17H20FNO2/c1-13-6-5-9-16(17(13)18)21-11-10-20-15-8-4-3-7-14(15)12-19-2/h3-9,19H,10-12H2,1-2H3. The molecule has 0 unspecified atom stereocenters. The van der Waals surface area contributed by atoms with Crippen molar-refractivity contribution >= 4 is 0 Å². The molecule has 0 fully saturated rings. The van der Waals surface area contributed by atoms with E-state index in [9.17, 15) is 4.39 Å². The number of hydrogen-bond acceptors (Lipinski definition) is 3. The molecular weight excluding hydrogens is 269 g/mol. The van der Waals surface area contributed by atoms with Crippen LogP contribution in [0.15, 0.2) is 42.5 Å². The summed E-state index contributed by atoms with van der Waals surface area (Å²) in [6, 6.07) is 12.9. The molecule has 21 heavy (non-hydrogen) atoms. The van der Waals surface area contributed by atoms with Gasteiger partial charge in [0.2, 0.25) is 0 Å². The second kappa shape index (κ2) is 7.64. The van der Waals surface area contributed by atoms with Crippen molar-refractivity contribution in [1.29, 1.82) is 0 Å². The van der Waals surface area contributed by atoms with E-state index in [2.05, 4.69) is 5.32 Å². The minimum Gasteiger partial charge on any atom is -0.490 e. The molecule has 2 aromatic rings. The van der Waals surface area contributed by atoms with Gasteiger partial charge in [-0.3, -0.25) is 0 Å². The highest BCUT2D eigenvalue weighted by Gasteiger charge is 2.06. The summed E-state index contributed by atoms with van der Waals surface area (Å²) in [6.07, 6.45) is 0. The molecule has 112 valence electrons. The maximum absolute atomic E-state index is 13.7. The maximum atomic E-state index is 13.7. The Kier molecular flexibility index (Phi) is 5.58. The van der Waals surface area contributed by atoms with E-state index >= 15 is 0 Å². The van der Waals surface area contributed by atoms with Crippen LogP contribution in [0.5, 0.6) is 11.5 Å². The van der Waals surface area contributed by atoms with Crippen molar-refractivity contribution in [2.24, 2.45) is 0 Å². The Morgan fingerprint density at radius 2 is 1.62 bits per heavy atom. The Morgan fingerprint density at radius 3 is 2.38 bits per heavy atom. The third kappa shape index (κ3) is 4.20. The first kappa shape index (κ1) is 15.3. The van der Waals surface area contributed by atoms with E-state index in [1.165, 1.54) is 0 Å². The first-order chi connectivity index (χ1) is 10.2. The SMILES string of the molecule is CNCc1ccccc1OCCOc1cccc(C)c1F. The van der Waals surface area contributed by atoms with Crippen molar-refractivity contribution in [3.63, 3.8) is 0 Å². The molecule has 0 saturated heterocycles. The van der Waals surface area contributed by atoms with Crippen LogP contribution < -0.4 is 14.8 Å². The topological polar surface area (TPSA) is 30.5 Å². The van der Waals surface area contributed by atoms with Crippen LogP contribution in [0.4, 0.5) is 4.39 Å². The van der Waals surface area contributed by atoms with Gasteiger partial charge in [-0.2, -0.15) is 0 Å². The zero-order valence-electron chi connectivity index (χ0n) is 12.4. The van der Waals surface area contributed by atoms with E-state index in [0.717, 1.165) is 17.9 Å². The third-order valence-electron chi connectivity index (χ3n) is 3.09. The fraction of sp³-hybridized carbons (Fsp3) is 0.294. The Bertz CT molecular complexity index is 587. The highest BCUT2D eigenvalue weighted by atomic mass is 19.1. The fourth-order valence-electron chi connectivity index (χ4n) is 2.02. The van der Waals surface area contributed by atoms with Gasteiger partial charge in [-0.1, -0.05) is 30.3 Å². The Hall–Kier alpha value is -2.07. The van der Waals surface area contributed by atoms with E-state index in [4.69, 9.17) is 9.47 Å². The van der Waals surface area contributed by atoms with Crippen LogP contribution in [0.3, 0.4) is 0 Å². The summed E-state index contributed by atoms with van der Waals surface area (Å²) in [5.41, 5.74) is 1.66. The Labute approximate surface area is 124 Å². The quantitative estimate of drug-likeness (QED) is 0.793. The number of hydrogen-bond donors (Lipinski definition) is 1. The van der Waals surface area contributed by atoms with Gasteiger partial charge in [0.05, 0.1) is 0 Å². The van der Waals surface area contributed by atoms with Crippen LogP contribution in [0.25, 0.3) is 0 Å². The summed E-state index contributed by atoms with van der Waals surface area (Å²) in [4.78, 5) is 0. The predicted molar refractivity (Wildman–Crippen MR) is 81.3 cm³/mol. The maximum Gasteiger partial charge on any atom is 0.167 e. The molecule has 0 radical (unpaired) electrons. The average Bonchev–Trinajstić information content (AvgIpc) is 2.49. The minimum atomic E-state index is -0.312. The van der Waals surface area contributed by atoms with Gasteiger partial charge >= 0.3 is 0 Å². The smallest absolute Gasteiger partial charge is 0.167 e. The molecule has 0 bridgehead atoms. The second-order valence-corrected chi connectivity index (χ2v) is 4.72.